The number of nitrogens with one attached hydrogen (secondary N) is 2. The Balaban J connectivity index is 1.32. The van der Waals surface area contributed by atoms with Crippen molar-refractivity contribution in [2.24, 2.45) is 5.92 Å². The van der Waals surface area contributed by atoms with Gasteiger partial charge in [-0.2, -0.15) is 0 Å². The molecule has 0 unspecified atom stereocenters. The highest BCUT2D eigenvalue weighted by atomic mass is 35.5. The molecule has 0 bridgehead atoms. The molecule has 0 aromatic heterocycles. The van der Waals surface area contributed by atoms with Crippen molar-refractivity contribution in [3.05, 3.63) is 88.4 Å². The number of nitrogens with zero attached hydrogens (tertiary/aromatic N) is 1. The molecule has 12 heteroatoms. The predicted molar refractivity (Wildman–Crippen MR) is 146 cm³/mol. The third-order valence-electron chi connectivity index (χ3n) is 5.96. The zero-order valence-electron chi connectivity index (χ0n) is 19.6. The van der Waals surface area contributed by atoms with Crippen molar-refractivity contribution in [2.75, 3.05) is 23.1 Å². The average Bonchev–Trinajstić information content (AvgIpc) is 2.84. The maximum absolute atomic E-state index is 12.8. The summed E-state index contributed by atoms with van der Waals surface area (Å²) in [7, 11) is -7.36. The molecule has 0 saturated carbocycles. The summed E-state index contributed by atoms with van der Waals surface area (Å²) in [4.78, 5) is 12.8. The van der Waals surface area contributed by atoms with Crippen molar-refractivity contribution in [1.82, 2.24) is 4.31 Å². The summed E-state index contributed by atoms with van der Waals surface area (Å²) < 4.78 is 54.7. The number of halogens is 2. The van der Waals surface area contributed by atoms with Crippen molar-refractivity contribution in [2.45, 2.75) is 23.5 Å². The molecule has 1 amide bonds. The highest BCUT2D eigenvalue weighted by Gasteiger charge is 2.31. The fourth-order valence-corrected chi connectivity index (χ4v) is 7.19. The van der Waals surface area contributed by atoms with Crippen LogP contribution in [0.4, 0.5) is 11.4 Å². The normalized spacial score (nSPS) is 15.3. The molecule has 1 aliphatic rings. The van der Waals surface area contributed by atoms with Gasteiger partial charge in [-0.05, 0) is 60.9 Å². The Morgan fingerprint density at radius 3 is 2.03 bits per heavy atom. The molecule has 1 saturated heterocycles. The molecule has 1 fully saturated rings. The van der Waals surface area contributed by atoms with Crippen LogP contribution >= 0.6 is 23.2 Å². The molecule has 4 rings (SSSR count). The van der Waals surface area contributed by atoms with Gasteiger partial charge in [0.1, 0.15) is 0 Å². The van der Waals surface area contributed by atoms with Crippen molar-refractivity contribution in [1.29, 1.82) is 0 Å². The largest absolute Gasteiger partial charge is 0.326 e. The highest BCUT2D eigenvalue weighted by molar-refractivity contribution is 7.92. The molecular weight excluding hydrogens is 557 g/mol. The number of rotatable bonds is 8. The first-order valence-corrected chi connectivity index (χ1v) is 15.3. The zero-order chi connectivity index (χ0) is 26.6. The second-order valence-corrected chi connectivity index (χ2v) is 13.2. The van der Waals surface area contributed by atoms with E-state index >= 15 is 0 Å². The summed E-state index contributed by atoms with van der Waals surface area (Å²) in [6.07, 6.45) is 0.802. The van der Waals surface area contributed by atoms with Crippen LogP contribution in [-0.4, -0.2) is 40.1 Å². The van der Waals surface area contributed by atoms with E-state index in [0.29, 0.717) is 28.6 Å². The monoisotopic (exact) mass is 581 g/mol. The van der Waals surface area contributed by atoms with Gasteiger partial charge < -0.3 is 5.32 Å². The number of piperidine rings is 1. The van der Waals surface area contributed by atoms with Gasteiger partial charge in [0, 0.05) is 34.7 Å². The lowest BCUT2D eigenvalue weighted by molar-refractivity contribution is -0.120. The van der Waals surface area contributed by atoms with Crippen molar-refractivity contribution >= 4 is 60.5 Å². The van der Waals surface area contributed by atoms with E-state index in [-0.39, 0.29) is 41.3 Å². The lowest BCUT2D eigenvalue weighted by atomic mass is 9.97. The summed E-state index contributed by atoms with van der Waals surface area (Å²) in [5.74, 6) is -0.651. The van der Waals surface area contributed by atoms with E-state index in [4.69, 9.17) is 23.2 Å². The van der Waals surface area contributed by atoms with Crippen LogP contribution in [0.25, 0.3) is 0 Å². The first-order chi connectivity index (χ1) is 17.5. The summed E-state index contributed by atoms with van der Waals surface area (Å²) in [6.45, 7) is 0.535. The van der Waals surface area contributed by atoms with E-state index in [1.54, 1.807) is 24.3 Å². The number of benzene rings is 3. The fraction of sp³-hybridized carbons (Fsp3) is 0.240. The van der Waals surface area contributed by atoms with Gasteiger partial charge in [-0.25, -0.2) is 21.1 Å². The van der Waals surface area contributed by atoms with Gasteiger partial charge in [-0.1, -0.05) is 53.5 Å². The molecule has 2 N–H and O–H groups in total. The predicted octanol–water partition coefficient (Wildman–Crippen LogP) is 4.97. The topological polar surface area (TPSA) is 113 Å². The summed E-state index contributed by atoms with van der Waals surface area (Å²) >= 11 is 11.9. The first-order valence-electron chi connectivity index (χ1n) is 11.4. The summed E-state index contributed by atoms with van der Waals surface area (Å²) in [5.41, 5.74) is 1.39. The van der Waals surface area contributed by atoms with Crippen LogP contribution in [0.1, 0.15) is 18.4 Å². The fourth-order valence-electron chi connectivity index (χ4n) is 4.06. The maximum Gasteiger partial charge on any atom is 0.261 e. The van der Waals surface area contributed by atoms with Crippen LogP contribution < -0.4 is 10.0 Å². The number of anilines is 2. The molecule has 0 atom stereocenters. The maximum atomic E-state index is 12.8. The molecule has 0 aliphatic carbocycles. The molecule has 8 nitrogen and oxygen atoms in total. The Kier molecular flexibility index (Phi) is 8.45. The minimum absolute atomic E-state index is 0.00136. The smallest absolute Gasteiger partial charge is 0.261 e. The van der Waals surface area contributed by atoms with Gasteiger partial charge in [-0.3, -0.25) is 9.52 Å². The molecule has 1 aliphatic heterocycles. The van der Waals surface area contributed by atoms with Crippen LogP contribution in [-0.2, 0) is 30.6 Å². The first kappa shape index (κ1) is 27.4. The van der Waals surface area contributed by atoms with Crippen LogP contribution in [0.2, 0.25) is 10.0 Å². The molecule has 1 heterocycles. The van der Waals surface area contributed by atoms with Gasteiger partial charge in [0.15, 0.2) is 0 Å². The molecule has 3 aromatic carbocycles. The van der Waals surface area contributed by atoms with E-state index in [2.05, 4.69) is 10.0 Å². The lowest BCUT2D eigenvalue weighted by Gasteiger charge is -2.30. The van der Waals surface area contributed by atoms with E-state index in [0.717, 1.165) is 5.56 Å². The molecule has 37 heavy (non-hydrogen) atoms. The molecule has 0 spiro atoms. The Morgan fingerprint density at radius 1 is 0.838 bits per heavy atom. The average molecular weight is 583 g/mol. The number of hydrogen-bond acceptors (Lipinski definition) is 5. The Morgan fingerprint density at radius 2 is 1.43 bits per heavy atom. The third kappa shape index (κ3) is 7.24. The second-order valence-electron chi connectivity index (χ2n) is 8.69. The van der Waals surface area contributed by atoms with Gasteiger partial charge in [0.25, 0.3) is 10.0 Å². The van der Waals surface area contributed by atoms with Crippen LogP contribution in [0, 0.1) is 5.92 Å². The molecular formula is C25H25Cl2N3O5S2. The zero-order valence-corrected chi connectivity index (χ0v) is 22.7. The van der Waals surface area contributed by atoms with Crippen molar-refractivity contribution < 1.29 is 21.6 Å². The number of carbonyl (C=O) groups is 1. The second kappa shape index (κ2) is 11.4. The Bertz CT molecular complexity index is 1450. The van der Waals surface area contributed by atoms with E-state index in [9.17, 15) is 21.6 Å². The van der Waals surface area contributed by atoms with Crippen LogP contribution in [0.3, 0.4) is 0 Å². The Hall–Kier alpha value is -2.63. The lowest BCUT2D eigenvalue weighted by Crippen LogP contribution is -2.41. The molecule has 0 radical (unpaired) electrons. The molecule has 3 aromatic rings. The minimum atomic E-state index is -3.90. The Labute approximate surface area is 226 Å². The van der Waals surface area contributed by atoms with Crippen molar-refractivity contribution in [3.63, 3.8) is 0 Å². The van der Waals surface area contributed by atoms with E-state index < -0.39 is 20.0 Å². The highest BCUT2D eigenvalue weighted by Crippen LogP contribution is 2.26. The molecule has 196 valence electrons. The van der Waals surface area contributed by atoms with Crippen LogP contribution in [0.5, 0.6) is 0 Å². The standard InChI is InChI=1S/C25H25Cl2N3O5S2/c26-20-14-21(27)16-23(15-20)29-37(34,35)24-8-6-22(7-9-24)28-25(31)19-10-12-30(13-11-19)36(32,33)17-18-4-2-1-3-5-18/h1-9,14-16,19,29H,10-13,17H2,(H,28,31). The number of amides is 1. The number of sulfonamides is 2. The summed E-state index contributed by atoms with van der Waals surface area (Å²) in [5, 5.41) is 3.38. The quantitative estimate of drug-likeness (QED) is 0.389. The third-order valence-corrected chi connectivity index (χ3v) is 9.64. The van der Waals surface area contributed by atoms with Gasteiger partial charge in [0.05, 0.1) is 16.3 Å². The van der Waals surface area contributed by atoms with Gasteiger partial charge >= 0.3 is 0 Å². The summed E-state index contributed by atoms with van der Waals surface area (Å²) in [6, 6.07) is 19.1. The minimum Gasteiger partial charge on any atom is -0.326 e. The number of carbonyl (C=O) groups excluding carboxylic acids is 1. The van der Waals surface area contributed by atoms with Crippen molar-refractivity contribution in [3.8, 4) is 0 Å². The van der Waals surface area contributed by atoms with E-state index in [1.165, 1.54) is 46.8 Å². The SMILES string of the molecule is O=C(Nc1ccc(S(=O)(=O)Nc2cc(Cl)cc(Cl)c2)cc1)C1CCN(S(=O)(=O)Cc2ccccc2)CC1. The van der Waals surface area contributed by atoms with Crippen LogP contribution in [0.15, 0.2) is 77.7 Å². The van der Waals surface area contributed by atoms with Gasteiger partial charge in [0.2, 0.25) is 15.9 Å². The van der Waals surface area contributed by atoms with Gasteiger partial charge in [-0.15, -0.1) is 0 Å². The van der Waals surface area contributed by atoms with E-state index in [1.807, 2.05) is 6.07 Å². The number of hydrogen-bond donors (Lipinski definition) is 2.